The van der Waals surface area contributed by atoms with Crippen LogP contribution in [-0.4, -0.2) is 34.9 Å². The molecule has 1 aliphatic heterocycles. The number of carbonyl (C=O) groups excluding carboxylic acids is 2. The molecule has 0 spiro atoms. The van der Waals surface area contributed by atoms with Crippen molar-refractivity contribution in [2.45, 2.75) is 18.5 Å². The average molecular weight is 346 g/mol. The molecule has 1 heterocycles. The molecule has 2 atom stereocenters. The lowest BCUT2D eigenvalue weighted by Gasteiger charge is -2.26. The Hall–Kier alpha value is -2.96. The lowest BCUT2D eigenvalue weighted by molar-refractivity contribution is -0.127. The highest BCUT2D eigenvalue weighted by molar-refractivity contribution is 5.95. The summed E-state index contributed by atoms with van der Waals surface area (Å²) < 4.78 is 27.0. The molecular weight excluding hydrogens is 330 g/mol. The van der Waals surface area contributed by atoms with Crippen molar-refractivity contribution in [3.63, 3.8) is 0 Å². The lowest BCUT2D eigenvalue weighted by Crippen LogP contribution is -2.39. The number of phenols is 1. The Morgan fingerprint density at radius 2 is 1.88 bits per heavy atom. The summed E-state index contributed by atoms with van der Waals surface area (Å²) >= 11 is 0. The Balaban J connectivity index is 1.85. The van der Waals surface area contributed by atoms with Gasteiger partial charge in [-0.15, -0.1) is 0 Å². The Morgan fingerprint density at radius 1 is 1.20 bits per heavy atom. The second kappa shape index (κ2) is 6.51. The number of halogens is 2. The molecule has 0 radical (unpaired) electrons. The SMILES string of the molecule is CN1C(=O)CC(NC(=O)c2ccc(O)cc2F)C1c1ccc(F)cc1. The Kier molecular flexibility index (Phi) is 4.39. The molecule has 130 valence electrons. The number of nitrogens with one attached hydrogen (secondary N) is 1. The molecule has 2 amide bonds. The lowest BCUT2D eigenvalue weighted by atomic mass is 9.99. The quantitative estimate of drug-likeness (QED) is 0.896. The van der Waals surface area contributed by atoms with Gasteiger partial charge in [-0.1, -0.05) is 12.1 Å². The van der Waals surface area contributed by atoms with E-state index in [9.17, 15) is 23.5 Å². The molecule has 0 bridgehead atoms. The van der Waals surface area contributed by atoms with E-state index in [-0.39, 0.29) is 23.6 Å². The predicted molar refractivity (Wildman–Crippen MR) is 85.8 cm³/mol. The van der Waals surface area contributed by atoms with Crippen LogP contribution in [0.5, 0.6) is 5.75 Å². The van der Waals surface area contributed by atoms with Crippen molar-refractivity contribution in [1.82, 2.24) is 10.2 Å². The summed E-state index contributed by atoms with van der Waals surface area (Å²) in [6, 6.07) is 7.84. The standard InChI is InChI=1S/C18H16F2N2O3/c1-22-16(24)9-15(17(22)10-2-4-11(19)5-3-10)21-18(25)13-7-6-12(23)8-14(13)20/h2-8,15,17,23H,9H2,1H3,(H,21,25). The van der Waals surface area contributed by atoms with Gasteiger partial charge in [-0.25, -0.2) is 8.78 Å². The highest BCUT2D eigenvalue weighted by Crippen LogP contribution is 2.32. The maximum Gasteiger partial charge on any atom is 0.254 e. The number of amides is 2. The van der Waals surface area contributed by atoms with Gasteiger partial charge in [-0.3, -0.25) is 9.59 Å². The largest absolute Gasteiger partial charge is 0.508 e. The van der Waals surface area contributed by atoms with E-state index < -0.39 is 29.6 Å². The van der Waals surface area contributed by atoms with Crippen molar-refractivity contribution in [3.05, 3.63) is 65.2 Å². The van der Waals surface area contributed by atoms with Gasteiger partial charge in [-0.2, -0.15) is 0 Å². The number of nitrogens with zero attached hydrogens (tertiary/aromatic N) is 1. The second-order valence-corrected chi connectivity index (χ2v) is 5.95. The molecule has 0 aromatic heterocycles. The summed E-state index contributed by atoms with van der Waals surface area (Å²) in [5, 5.41) is 11.9. The van der Waals surface area contributed by atoms with Crippen LogP contribution in [0.3, 0.4) is 0 Å². The Bertz CT molecular complexity index is 824. The molecule has 2 aromatic carbocycles. The highest BCUT2D eigenvalue weighted by Gasteiger charge is 2.39. The first-order valence-electron chi connectivity index (χ1n) is 7.67. The van der Waals surface area contributed by atoms with E-state index in [1.807, 2.05) is 0 Å². The minimum absolute atomic E-state index is 0.0595. The van der Waals surface area contributed by atoms with Crippen molar-refractivity contribution in [1.29, 1.82) is 0 Å². The number of aromatic hydroxyl groups is 1. The average Bonchev–Trinajstić information content (AvgIpc) is 2.82. The number of phenolic OH excluding ortho intramolecular Hbond substituents is 1. The van der Waals surface area contributed by atoms with E-state index in [1.54, 1.807) is 19.2 Å². The molecule has 5 nitrogen and oxygen atoms in total. The van der Waals surface area contributed by atoms with Gasteiger partial charge >= 0.3 is 0 Å². The van der Waals surface area contributed by atoms with Crippen LogP contribution in [0, 0.1) is 11.6 Å². The predicted octanol–water partition coefficient (Wildman–Crippen LogP) is 2.37. The van der Waals surface area contributed by atoms with Crippen LogP contribution in [-0.2, 0) is 4.79 Å². The van der Waals surface area contributed by atoms with Gasteiger partial charge in [-0.05, 0) is 29.8 Å². The molecule has 3 rings (SSSR count). The summed E-state index contributed by atoms with van der Waals surface area (Å²) in [5.74, 6) is -2.39. The molecule has 25 heavy (non-hydrogen) atoms. The van der Waals surface area contributed by atoms with Crippen LogP contribution in [0.15, 0.2) is 42.5 Å². The topological polar surface area (TPSA) is 69.6 Å². The summed E-state index contributed by atoms with van der Waals surface area (Å²) in [7, 11) is 1.60. The highest BCUT2D eigenvalue weighted by atomic mass is 19.1. The van der Waals surface area contributed by atoms with Crippen molar-refractivity contribution < 1.29 is 23.5 Å². The molecule has 1 saturated heterocycles. The third-order valence-electron chi connectivity index (χ3n) is 4.31. The maximum absolute atomic E-state index is 13.9. The zero-order valence-corrected chi connectivity index (χ0v) is 13.4. The minimum Gasteiger partial charge on any atom is -0.508 e. The third kappa shape index (κ3) is 3.31. The van der Waals surface area contributed by atoms with Gasteiger partial charge in [0.2, 0.25) is 5.91 Å². The first-order valence-corrected chi connectivity index (χ1v) is 7.67. The van der Waals surface area contributed by atoms with E-state index in [2.05, 4.69) is 5.32 Å². The molecule has 7 heteroatoms. The van der Waals surface area contributed by atoms with E-state index in [0.717, 1.165) is 6.07 Å². The zero-order chi connectivity index (χ0) is 18.1. The van der Waals surface area contributed by atoms with E-state index >= 15 is 0 Å². The number of hydrogen-bond donors (Lipinski definition) is 2. The minimum atomic E-state index is -0.853. The fraction of sp³-hybridized carbons (Fsp3) is 0.222. The third-order valence-corrected chi connectivity index (χ3v) is 4.31. The van der Waals surface area contributed by atoms with Crippen LogP contribution in [0.4, 0.5) is 8.78 Å². The fourth-order valence-electron chi connectivity index (χ4n) is 3.05. The molecule has 0 saturated carbocycles. The van der Waals surface area contributed by atoms with Gasteiger partial charge in [0, 0.05) is 19.5 Å². The van der Waals surface area contributed by atoms with Crippen LogP contribution >= 0.6 is 0 Å². The smallest absolute Gasteiger partial charge is 0.254 e. The van der Waals surface area contributed by atoms with E-state index in [0.29, 0.717) is 5.56 Å². The Labute approximate surface area is 142 Å². The van der Waals surface area contributed by atoms with Crippen molar-refractivity contribution >= 4 is 11.8 Å². The van der Waals surface area contributed by atoms with Gasteiger partial charge in [0.1, 0.15) is 17.4 Å². The van der Waals surface area contributed by atoms with Crippen LogP contribution in [0.25, 0.3) is 0 Å². The van der Waals surface area contributed by atoms with Crippen molar-refractivity contribution in [2.24, 2.45) is 0 Å². The van der Waals surface area contributed by atoms with Gasteiger partial charge < -0.3 is 15.3 Å². The summed E-state index contributed by atoms with van der Waals surface area (Å²) in [6.45, 7) is 0. The van der Waals surface area contributed by atoms with Gasteiger partial charge in [0.15, 0.2) is 0 Å². The number of benzene rings is 2. The number of rotatable bonds is 3. The summed E-state index contributed by atoms with van der Waals surface area (Å²) in [5.41, 5.74) is 0.448. The molecule has 2 N–H and O–H groups in total. The molecule has 0 aliphatic carbocycles. The second-order valence-electron chi connectivity index (χ2n) is 5.95. The summed E-state index contributed by atoms with van der Waals surface area (Å²) in [4.78, 5) is 25.9. The van der Waals surface area contributed by atoms with E-state index in [1.165, 1.54) is 29.2 Å². The molecule has 2 unspecified atom stereocenters. The van der Waals surface area contributed by atoms with Gasteiger partial charge in [0.05, 0.1) is 17.6 Å². The number of likely N-dealkylation sites (tertiary alicyclic amines) is 1. The Morgan fingerprint density at radius 3 is 2.52 bits per heavy atom. The number of likely N-dealkylation sites (N-methyl/N-ethyl adjacent to an activating group) is 1. The monoisotopic (exact) mass is 346 g/mol. The van der Waals surface area contributed by atoms with Crippen LogP contribution in [0.1, 0.15) is 28.4 Å². The molecule has 1 fully saturated rings. The fourth-order valence-corrected chi connectivity index (χ4v) is 3.05. The van der Waals surface area contributed by atoms with Gasteiger partial charge in [0.25, 0.3) is 5.91 Å². The molecular formula is C18H16F2N2O3. The van der Waals surface area contributed by atoms with E-state index in [4.69, 9.17) is 0 Å². The van der Waals surface area contributed by atoms with Crippen molar-refractivity contribution in [2.75, 3.05) is 7.05 Å². The molecule has 1 aliphatic rings. The van der Waals surface area contributed by atoms with Crippen LogP contribution < -0.4 is 5.32 Å². The zero-order valence-electron chi connectivity index (χ0n) is 13.4. The number of carbonyl (C=O) groups is 2. The van der Waals surface area contributed by atoms with Crippen molar-refractivity contribution in [3.8, 4) is 5.75 Å². The summed E-state index contributed by atoms with van der Waals surface area (Å²) in [6.07, 6.45) is 0.0595. The maximum atomic E-state index is 13.9. The first-order chi connectivity index (χ1) is 11.9. The normalized spacial score (nSPS) is 20.0. The number of hydrogen-bond acceptors (Lipinski definition) is 3. The van der Waals surface area contributed by atoms with Crippen LogP contribution in [0.2, 0.25) is 0 Å². The molecule has 2 aromatic rings. The first kappa shape index (κ1) is 16.9.